The smallest absolute Gasteiger partial charge is 0.243 e. The third-order valence-electron chi connectivity index (χ3n) is 4.90. The van der Waals surface area contributed by atoms with E-state index in [1.807, 2.05) is 11.8 Å². The van der Waals surface area contributed by atoms with Crippen LogP contribution >= 0.6 is 0 Å². The summed E-state index contributed by atoms with van der Waals surface area (Å²) in [5.74, 6) is 0.679. The Bertz CT molecular complexity index is 961. The zero-order valence-electron chi connectivity index (χ0n) is 17.2. The number of aryl methyl sites for hydroxylation is 2. The zero-order chi connectivity index (χ0) is 21.2. The molecule has 29 heavy (non-hydrogen) atoms. The summed E-state index contributed by atoms with van der Waals surface area (Å²) in [5.41, 5.74) is 0.254. The maximum atomic E-state index is 12.8. The van der Waals surface area contributed by atoms with E-state index in [-0.39, 0.29) is 12.5 Å². The molecule has 3 rings (SSSR count). The number of nitrogens with one attached hydrogen (secondary N) is 1. The van der Waals surface area contributed by atoms with E-state index in [0.717, 1.165) is 5.56 Å². The Balaban J connectivity index is 1.54. The molecule has 1 aromatic carbocycles. The molecule has 10 heteroatoms. The van der Waals surface area contributed by atoms with Crippen molar-refractivity contribution >= 4 is 15.9 Å². The normalized spacial score (nSPS) is 16.7. The van der Waals surface area contributed by atoms with E-state index in [2.05, 4.69) is 15.5 Å². The number of amides is 1. The van der Waals surface area contributed by atoms with Crippen LogP contribution < -0.4 is 5.32 Å². The molecule has 1 N–H and O–H groups in total. The van der Waals surface area contributed by atoms with E-state index in [1.54, 1.807) is 45.0 Å². The molecule has 158 valence electrons. The molecule has 1 saturated heterocycles. The number of aromatic nitrogens is 2. The fraction of sp³-hybridized carbons (Fsp3) is 0.526. The number of piperazine rings is 1. The molecule has 0 atom stereocenters. The molecule has 0 bridgehead atoms. The fourth-order valence-electron chi connectivity index (χ4n) is 3.19. The summed E-state index contributed by atoms with van der Waals surface area (Å²) < 4.78 is 32.0. The van der Waals surface area contributed by atoms with Gasteiger partial charge in [0.15, 0.2) is 5.82 Å². The Morgan fingerprint density at radius 3 is 2.31 bits per heavy atom. The molecule has 2 aromatic rings. The predicted octanol–water partition coefficient (Wildman–Crippen LogP) is 1.04. The van der Waals surface area contributed by atoms with Gasteiger partial charge in [-0.25, -0.2) is 8.42 Å². The topological polar surface area (TPSA) is 109 Å². The van der Waals surface area contributed by atoms with E-state index in [1.165, 1.54) is 4.31 Å². The van der Waals surface area contributed by atoms with Gasteiger partial charge in [-0.2, -0.15) is 9.29 Å². The van der Waals surface area contributed by atoms with Crippen LogP contribution in [0.2, 0.25) is 0 Å². The van der Waals surface area contributed by atoms with Crippen molar-refractivity contribution < 1.29 is 17.7 Å². The highest BCUT2D eigenvalue weighted by molar-refractivity contribution is 7.89. The maximum Gasteiger partial charge on any atom is 0.243 e. The molecular weight excluding hydrogens is 394 g/mol. The van der Waals surface area contributed by atoms with Gasteiger partial charge in [0.1, 0.15) is 0 Å². The van der Waals surface area contributed by atoms with Gasteiger partial charge in [0.25, 0.3) is 0 Å². The van der Waals surface area contributed by atoms with Gasteiger partial charge in [-0.05, 0) is 32.9 Å². The monoisotopic (exact) mass is 421 g/mol. The van der Waals surface area contributed by atoms with Crippen LogP contribution in [0.1, 0.15) is 31.1 Å². The lowest BCUT2D eigenvalue weighted by molar-refractivity contribution is -0.124. The SMILES string of the molecule is Cc1ccc(S(=O)(=O)N2CCN(CC(=O)NC(C)(C)c3noc(C)n3)CC2)cc1. The molecule has 1 amide bonds. The van der Waals surface area contributed by atoms with Crippen LogP contribution in [-0.2, 0) is 20.4 Å². The summed E-state index contributed by atoms with van der Waals surface area (Å²) >= 11 is 0. The van der Waals surface area contributed by atoms with Crippen LogP contribution in [0.25, 0.3) is 0 Å². The van der Waals surface area contributed by atoms with Gasteiger partial charge in [-0.15, -0.1) is 0 Å². The lowest BCUT2D eigenvalue weighted by atomic mass is 10.1. The van der Waals surface area contributed by atoms with Crippen molar-refractivity contribution in [3.05, 3.63) is 41.5 Å². The summed E-state index contributed by atoms with van der Waals surface area (Å²) in [4.78, 5) is 18.9. The van der Waals surface area contributed by atoms with Crippen molar-refractivity contribution in [2.45, 2.75) is 38.1 Å². The first-order chi connectivity index (χ1) is 13.6. The Hall–Kier alpha value is -2.30. The van der Waals surface area contributed by atoms with E-state index in [9.17, 15) is 13.2 Å². The number of benzene rings is 1. The van der Waals surface area contributed by atoms with Crippen molar-refractivity contribution in [1.29, 1.82) is 0 Å². The molecule has 0 radical (unpaired) electrons. The van der Waals surface area contributed by atoms with Crippen molar-refractivity contribution in [2.24, 2.45) is 0 Å². The molecule has 0 saturated carbocycles. The molecule has 1 aliphatic heterocycles. The molecule has 1 fully saturated rings. The van der Waals surface area contributed by atoms with Crippen LogP contribution in [0.15, 0.2) is 33.7 Å². The van der Waals surface area contributed by atoms with E-state index >= 15 is 0 Å². The Morgan fingerprint density at radius 1 is 1.14 bits per heavy atom. The first-order valence-electron chi connectivity index (χ1n) is 9.49. The van der Waals surface area contributed by atoms with Crippen molar-refractivity contribution in [2.75, 3.05) is 32.7 Å². The van der Waals surface area contributed by atoms with E-state index in [4.69, 9.17) is 4.52 Å². The van der Waals surface area contributed by atoms with Gasteiger partial charge in [-0.1, -0.05) is 22.9 Å². The number of sulfonamides is 1. The summed E-state index contributed by atoms with van der Waals surface area (Å²) in [6.45, 7) is 9.06. The molecule has 1 aromatic heterocycles. The molecule has 0 spiro atoms. The quantitative estimate of drug-likeness (QED) is 0.742. The highest BCUT2D eigenvalue weighted by Crippen LogP contribution is 2.19. The molecule has 0 aliphatic carbocycles. The molecule has 0 unspecified atom stereocenters. The molecule has 2 heterocycles. The number of carbonyl (C=O) groups excluding carboxylic acids is 1. The lowest BCUT2D eigenvalue weighted by Gasteiger charge is -2.34. The first kappa shape index (κ1) is 21.4. The second-order valence-corrected chi connectivity index (χ2v) is 9.74. The lowest BCUT2D eigenvalue weighted by Crippen LogP contribution is -2.52. The first-order valence-corrected chi connectivity index (χ1v) is 10.9. The van der Waals surface area contributed by atoms with Gasteiger partial charge in [0, 0.05) is 33.1 Å². The minimum Gasteiger partial charge on any atom is -0.343 e. The zero-order valence-corrected chi connectivity index (χ0v) is 18.0. The van der Waals surface area contributed by atoms with Crippen molar-refractivity contribution in [1.82, 2.24) is 24.7 Å². The van der Waals surface area contributed by atoms with Gasteiger partial charge in [-0.3, -0.25) is 9.69 Å². The second-order valence-electron chi connectivity index (χ2n) is 7.80. The van der Waals surface area contributed by atoms with E-state index in [0.29, 0.717) is 42.8 Å². The Kier molecular flexibility index (Phi) is 6.06. The van der Waals surface area contributed by atoms with E-state index < -0.39 is 15.6 Å². The third kappa shape index (κ3) is 5.01. The summed E-state index contributed by atoms with van der Waals surface area (Å²) in [5, 5.41) is 6.78. The molecular formula is C19H27N5O4S. The minimum absolute atomic E-state index is 0.174. The van der Waals surface area contributed by atoms with Gasteiger partial charge in [0.05, 0.1) is 17.0 Å². The van der Waals surface area contributed by atoms with Crippen LogP contribution in [0.4, 0.5) is 0 Å². The summed E-state index contributed by atoms with van der Waals surface area (Å²) in [6.07, 6.45) is 0. The van der Waals surface area contributed by atoms with Crippen LogP contribution in [0, 0.1) is 13.8 Å². The van der Waals surface area contributed by atoms with Gasteiger partial charge in [0.2, 0.25) is 21.8 Å². The third-order valence-corrected chi connectivity index (χ3v) is 6.81. The predicted molar refractivity (Wildman–Crippen MR) is 107 cm³/mol. The number of hydrogen-bond donors (Lipinski definition) is 1. The number of rotatable bonds is 6. The number of nitrogens with zero attached hydrogens (tertiary/aromatic N) is 4. The van der Waals surface area contributed by atoms with Crippen LogP contribution in [-0.4, -0.2) is 66.4 Å². The van der Waals surface area contributed by atoms with Crippen LogP contribution in [0.5, 0.6) is 0 Å². The fourth-order valence-corrected chi connectivity index (χ4v) is 4.61. The summed E-state index contributed by atoms with van der Waals surface area (Å²) in [7, 11) is -3.51. The molecule has 1 aliphatic rings. The Morgan fingerprint density at radius 2 is 1.76 bits per heavy atom. The average molecular weight is 422 g/mol. The van der Waals surface area contributed by atoms with Crippen molar-refractivity contribution in [3.8, 4) is 0 Å². The maximum absolute atomic E-state index is 12.8. The second kappa shape index (κ2) is 8.21. The van der Waals surface area contributed by atoms with Gasteiger partial charge < -0.3 is 9.84 Å². The summed E-state index contributed by atoms with van der Waals surface area (Å²) in [6, 6.07) is 6.85. The van der Waals surface area contributed by atoms with Crippen LogP contribution in [0.3, 0.4) is 0 Å². The van der Waals surface area contributed by atoms with Gasteiger partial charge >= 0.3 is 0 Å². The highest BCUT2D eigenvalue weighted by Gasteiger charge is 2.31. The van der Waals surface area contributed by atoms with Crippen molar-refractivity contribution in [3.63, 3.8) is 0 Å². The standard InChI is InChI=1S/C19H27N5O4S/c1-14-5-7-16(8-6-14)29(26,27)24-11-9-23(10-12-24)13-17(25)21-19(3,4)18-20-15(2)28-22-18/h5-8H,9-13H2,1-4H3,(H,21,25). The minimum atomic E-state index is -3.51. The Labute approximate surface area is 171 Å². The highest BCUT2D eigenvalue weighted by atomic mass is 32.2. The average Bonchev–Trinajstić information content (AvgIpc) is 3.09. The molecule has 9 nitrogen and oxygen atoms in total. The number of carbonyl (C=O) groups is 1. The largest absolute Gasteiger partial charge is 0.343 e. The number of hydrogen-bond acceptors (Lipinski definition) is 7.